The molecule has 0 radical (unpaired) electrons. The summed E-state index contributed by atoms with van der Waals surface area (Å²) in [5.41, 5.74) is 0. The summed E-state index contributed by atoms with van der Waals surface area (Å²) >= 11 is 0. The lowest BCUT2D eigenvalue weighted by Gasteiger charge is -2.15. The molecule has 2 atom stereocenters. The van der Waals surface area contributed by atoms with Crippen LogP contribution in [0.15, 0.2) is 23.1 Å². The van der Waals surface area contributed by atoms with Crippen LogP contribution in [0, 0.1) is 28.9 Å². The van der Waals surface area contributed by atoms with E-state index in [0.29, 0.717) is 25.3 Å². The zero-order valence-electron chi connectivity index (χ0n) is 9.44. The molecule has 0 N–H and O–H groups in total. The lowest BCUT2D eigenvalue weighted by atomic mass is 10.1. The Labute approximate surface area is 104 Å². The molecule has 2 unspecified atom stereocenters. The highest BCUT2D eigenvalue weighted by Gasteiger charge is 2.39. The number of nitrogens with zero attached hydrogens (tertiary/aromatic N) is 1. The minimum atomic E-state index is -3.99. The summed E-state index contributed by atoms with van der Waals surface area (Å²) in [6, 6.07) is 4.26. The third-order valence-corrected chi connectivity index (χ3v) is 5.50. The normalized spacial score (nSPS) is 23.8. The first-order valence-electron chi connectivity index (χ1n) is 5.55. The molecule has 1 aromatic rings. The number of nitriles is 1. The van der Waals surface area contributed by atoms with Crippen molar-refractivity contribution in [3.63, 3.8) is 0 Å². The Morgan fingerprint density at radius 2 is 2.00 bits per heavy atom. The van der Waals surface area contributed by atoms with Crippen molar-refractivity contribution in [2.24, 2.45) is 5.92 Å². The van der Waals surface area contributed by atoms with E-state index in [2.05, 4.69) is 0 Å². The number of halogens is 2. The summed E-state index contributed by atoms with van der Waals surface area (Å²) in [7, 11) is -3.99. The van der Waals surface area contributed by atoms with Crippen molar-refractivity contribution in [3.05, 3.63) is 29.8 Å². The second kappa shape index (κ2) is 4.65. The van der Waals surface area contributed by atoms with E-state index in [0.717, 1.165) is 12.1 Å². The van der Waals surface area contributed by atoms with Gasteiger partial charge in [0.25, 0.3) is 0 Å². The van der Waals surface area contributed by atoms with Crippen molar-refractivity contribution < 1.29 is 17.2 Å². The van der Waals surface area contributed by atoms with Crippen LogP contribution in [0.4, 0.5) is 8.78 Å². The van der Waals surface area contributed by atoms with Gasteiger partial charge in [-0.15, -0.1) is 0 Å². The van der Waals surface area contributed by atoms with E-state index < -0.39 is 37.5 Å². The Bertz CT molecular complexity index is 607. The molecule has 18 heavy (non-hydrogen) atoms. The summed E-state index contributed by atoms with van der Waals surface area (Å²) < 4.78 is 51.0. The van der Waals surface area contributed by atoms with Crippen LogP contribution in [0.2, 0.25) is 0 Å². The lowest BCUT2D eigenvalue weighted by molar-refractivity contribution is 0.537. The minimum absolute atomic E-state index is 0.316. The van der Waals surface area contributed by atoms with Gasteiger partial charge in [0, 0.05) is 0 Å². The molecular formula is C12H11F2NO2S. The highest BCUT2D eigenvalue weighted by molar-refractivity contribution is 7.92. The molecule has 1 aliphatic carbocycles. The van der Waals surface area contributed by atoms with Gasteiger partial charge in [-0.05, 0) is 31.0 Å². The molecular weight excluding hydrogens is 260 g/mol. The van der Waals surface area contributed by atoms with Gasteiger partial charge >= 0.3 is 0 Å². The zero-order chi connectivity index (χ0) is 13.3. The van der Waals surface area contributed by atoms with Gasteiger partial charge in [-0.3, -0.25) is 0 Å². The second-order valence-corrected chi connectivity index (χ2v) is 6.46. The highest BCUT2D eigenvalue weighted by atomic mass is 32.2. The van der Waals surface area contributed by atoms with Gasteiger partial charge in [0.2, 0.25) is 0 Å². The average molecular weight is 271 g/mol. The third-order valence-electron chi connectivity index (χ3n) is 3.22. The van der Waals surface area contributed by atoms with Crippen LogP contribution in [-0.4, -0.2) is 13.7 Å². The van der Waals surface area contributed by atoms with Gasteiger partial charge in [0.15, 0.2) is 9.84 Å². The van der Waals surface area contributed by atoms with E-state index in [9.17, 15) is 17.2 Å². The fraction of sp³-hybridized carbons (Fsp3) is 0.417. The molecule has 0 bridgehead atoms. The van der Waals surface area contributed by atoms with Crippen LogP contribution in [0.3, 0.4) is 0 Å². The molecule has 0 aromatic heterocycles. The van der Waals surface area contributed by atoms with Crippen molar-refractivity contribution in [1.29, 1.82) is 5.26 Å². The maximum Gasteiger partial charge on any atom is 0.185 e. The maximum atomic E-state index is 13.5. The van der Waals surface area contributed by atoms with Gasteiger partial charge in [-0.1, -0.05) is 6.42 Å². The molecule has 96 valence electrons. The van der Waals surface area contributed by atoms with E-state index in [1.54, 1.807) is 0 Å². The van der Waals surface area contributed by atoms with Crippen molar-refractivity contribution in [3.8, 4) is 6.07 Å². The molecule has 1 aliphatic rings. The molecule has 1 saturated carbocycles. The molecule has 1 fully saturated rings. The van der Waals surface area contributed by atoms with Crippen molar-refractivity contribution >= 4 is 9.84 Å². The van der Waals surface area contributed by atoms with Gasteiger partial charge in [-0.2, -0.15) is 5.26 Å². The second-order valence-electron chi connectivity index (χ2n) is 4.32. The quantitative estimate of drug-likeness (QED) is 0.830. The molecule has 0 spiro atoms. The predicted molar refractivity (Wildman–Crippen MR) is 60.3 cm³/mol. The summed E-state index contributed by atoms with van der Waals surface area (Å²) in [5.74, 6) is -2.42. The fourth-order valence-corrected chi connectivity index (χ4v) is 4.35. The number of hydrogen-bond acceptors (Lipinski definition) is 3. The van der Waals surface area contributed by atoms with Crippen molar-refractivity contribution in [2.75, 3.05) is 0 Å². The number of hydrogen-bond donors (Lipinski definition) is 0. The molecule has 1 aromatic carbocycles. The monoisotopic (exact) mass is 271 g/mol. The van der Waals surface area contributed by atoms with Crippen molar-refractivity contribution in [2.45, 2.75) is 29.4 Å². The first-order valence-corrected chi connectivity index (χ1v) is 7.10. The minimum Gasteiger partial charge on any atom is -0.223 e. The Morgan fingerprint density at radius 1 is 1.28 bits per heavy atom. The standard InChI is InChI=1S/C12H11F2NO2S/c13-9-4-5-10(14)12(6-9)18(16,17)11-3-1-2-8(11)7-15/h4-6,8,11H,1-3H2. The Balaban J connectivity index is 2.49. The molecule has 0 heterocycles. The fourth-order valence-electron chi connectivity index (χ4n) is 2.30. The molecule has 3 nitrogen and oxygen atoms in total. The molecule has 0 saturated heterocycles. The summed E-state index contributed by atoms with van der Waals surface area (Å²) in [4.78, 5) is -0.644. The van der Waals surface area contributed by atoms with E-state index in [1.165, 1.54) is 0 Å². The molecule has 2 rings (SSSR count). The molecule has 6 heteroatoms. The maximum absolute atomic E-state index is 13.5. The highest BCUT2D eigenvalue weighted by Crippen LogP contribution is 2.35. The van der Waals surface area contributed by atoms with E-state index in [-0.39, 0.29) is 0 Å². The number of rotatable bonds is 2. The summed E-state index contributed by atoms with van der Waals surface area (Å²) in [6.07, 6.45) is 1.41. The lowest BCUT2D eigenvalue weighted by Crippen LogP contribution is -2.25. The molecule has 0 amide bonds. The van der Waals surface area contributed by atoms with Crippen LogP contribution < -0.4 is 0 Å². The molecule has 0 aliphatic heterocycles. The van der Waals surface area contributed by atoms with Gasteiger partial charge in [0.05, 0.1) is 17.2 Å². The zero-order valence-corrected chi connectivity index (χ0v) is 10.3. The Kier molecular flexibility index (Phi) is 3.35. The van der Waals surface area contributed by atoms with E-state index in [4.69, 9.17) is 5.26 Å². The van der Waals surface area contributed by atoms with Gasteiger partial charge in [0.1, 0.15) is 16.5 Å². The first-order chi connectivity index (χ1) is 8.46. The predicted octanol–water partition coefficient (Wildman–Crippen LogP) is 2.43. The topological polar surface area (TPSA) is 57.9 Å². The van der Waals surface area contributed by atoms with Crippen LogP contribution in [-0.2, 0) is 9.84 Å². The van der Waals surface area contributed by atoms with Crippen LogP contribution in [0.5, 0.6) is 0 Å². The average Bonchev–Trinajstić information content (AvgIpc) is 2.81. The van der Waals surface area contributed by atoms with Crippen molar-refractivity contribution in [1.82, 2.24) is 0 Å². The van der Waals surface area contributed by atoms with E-state index >= 15 is 0 Å². The largest absolute Gasteiger partial charge is 0.223 e. The third kappa shape index (κ3) is 2.10. The van der Waals surface area contributed by atoms with Gasteiger partial charge < -0.3 is 0 Å². The number of sulfone groups is 1. The summed E-state index contributed by atoms with van der Waals surface area (Å²) in [5, 5.41) is 7.96. The smallest absolute Gasteiger partial charge is 0.185 e. The van der Waals surface area contributed by atoms with Crippen LogP contribution in [0.25, 0.3) is 0 Å². The summed E-state index contributed by atoms with van der Waals surface area (Å²) in [6.45, 7) is 0. The Morgan fingerprint density at radius 3 is 2.67 bits per heavy atom. The Hall–Kier alpha value is -1.48. The SMILES string of the molecule is N#CC1CCCC1S(=O)(=O)c1cc(F)ccc1F. The van der Waals surface area contributed by atoms with E-state index in [1.807, 2.05) is 6.07 Å². The number of benzene rings is 1. The van der Waals surface area contributed by atoms with Gasteiger partial charge in [-0.25, -0.2) is 17.2 Å². The van der Waals surface area contributed by atoms with Crippen LogP contribution >= 0.6 is 0 Å². The first kappa shape index (κ1) is 13.0. The van der Waals surface area contributed by atoms with Crippen LogP contribution in [0.1, 0.15) is 19.3 Å².